The number of carbonyl (C=O) groups is 2. The number of hydrogen-bond donors (Lipinski definition) is 2. The molecule has 1 amide bonds. The number of nitrogens with one attached hydrogen (secondary N) is 1. The maximum absolute atomic E-state index is 12.4. The Bertz CT molecular complexity index is 643. The molecule has 7 heteroatoms. The molecule has 0 radical (unpaired) electrons. The van der Waals surface area contributed by atoms with Gasteiger partial charge in [0.15, 0.2) is 0 Å². The quantitative estimate of drug-likeness (QED) is 0.569. The van der Waals surface area contributed by atoms with E-state index in [-0.39, 0.29) is 16.6 Å². The van der Waals surface area contributed by atoms with Gasteiger partial charge < -0.3 is 15.2 Å². The minimum Gasteiger partial charge on any atom is -0.480 e. The van der Waals surface area contributed by atoms with Crippen molar-refractivity contribution in [2.45, 2.75) is 57.5 Å². The molecule has 0 heterocycles. The smallest absolute Gasteiger partial charge is 0.322 e. The Morgan fingerprint density at radius 3 is 2.52 bits per heavy atom. The van der Waals surface area contributed by atoms with Gasteiger partial charge in [0.2, 0.25) is 0 Å². The van der Waals surface area contributed by atoms with Crippen LogP contribution in [-0.4, -0.2) is 46.3 Å². The summed E-state index contributed by atoms with van der Waals surface area (Å²) in [6, 6.07) is 5.69. The van der Waals surface area contributed by atoms with Gasteiger partial charge in [-0.1, -0.05) is 46.8 Å². The van der Waals surface area contributed by atoms with Gasteiger partial charge in [0.05, 0.1) is 13.2 Å². The van der Waals surface area contributed by atoms with Crippen molar-refractivity contribution in [3.63, 3.8) is 0 Å². The second-order valence-corrected chi connectivity index (χ2v) is 10.6. The summed E-state index contributed by atoms with van der Waals surface area (Å²) >= 11 is 1.91. The Morgan fingerprint density at radius 2 is 1.96 bits per heavy atom. The van der Waals surface area contributed by atoms with Crippen LogP contribution < -0.4 is 5.32 Å². The molecule has 152 valence electrons. The van der Waals surface area contributed by atoms with Crippen LogP contribution in [0.5, 0.6) is 0 Å². The first-order valence-electron chi connectivity index (χ1n) is 9.09. The van der Waals surface area contributed by atoms with E-state index in [1.807, 2.05) is 37.7 Å². The largest absolute Gasteiger partial charge is 0.480 e. The van der Waals surface area contributed by atoms with Crippen molar-refractivity contribution >= 4 is 32.9 Å². The van der Waals surface area contributed by atoms with Crippen molar-refractivity contribution < 1.29 is 19.4 Å². The van der Waals surface area contributed by atoms with Gasteiger partial charge >= 0.3 is 5.97 Å². The molecule has 0 aromatic heterocycles. The zero-order chi connectivity index (χ0) is 20.6. The molecule has 0 saturated carbocycles. The highest BCUT2D eigenvalue weighted by Crippen LogP contribution is 2.26. The van der Waals surface area contributed by atoms with E-state index in [1.165, 1.54) is 0 Å². The molecule has 1 aromatic rings. The summed E-state index contributed by atoms with van der Waals surface area (Å²) in [5.74, 6) is -0.262. The van der Waals surface area contributed by atoms with Gasteiger partial charge in [0, 0.05) is 21.7 Å². The predicted molar refractivity (Wildman–Crippen MR) is 116 cm³/mol. The summed E-state index contributed by atoms with van der Waals surface area (Å²) in [5, 5.41) is 11.2. The summed E-state index contributed by atoms with van der Waals surface area (Å²) in [7, 11) is 2.82. The number of hydrogen-bond acceptors (Lipinski definition) is 4. The number of amides is 1. The first-order chi connectivity index (χ1) is 12.5. The summed E-state index contributed by atoms with van der Waals surface area (Å²) < 4.78 is 6.06. The van der Waals surface area contributed by atoms with Crippen LogP contribution in [0.4, 0.5) is 0 Å². The monoisotopic (exact) mass is 413 g/mol. The summed E-state index contributed by atoms with van der Waals surface area (Å²) in [5.41, 5.74) is 2.67. The third-order valence-electron chi connectivity index (χ3n) is 3.72. The van der Waals surface area contributed by atoms with Gasteiger partial charge in [-0.25, -0.2) is 0 Å². The molecule has 1 rings (SSSR count). The standard InChI is InChI=1S/C20H32NO4PS/c1-13(2)16-7-6-14(8-17(16)19(24)21-9-18(22)23)10-25-11-15(26)12-27-20(3,4)5/h6-8,13,15H,9-12,26H2,1-5H3,(H,21,24)(H,22,23). The van der Waals surface area contributed by atoms with E-state index in [0.717, 1.165) is 16.9 Å². The van der Waals surface area contributed by atoms with Gasteiger partial charge in [0.25, 0.3) is 5.91 Å². The number of aliphatic carboxylic acids is 1. The molecule has 0 saturated heterocycles. The molecule has 0 spiro atoms. The lowest BCUT2D eigenvalue weighted by atomic mass is 9.95. The molecule has 0 aliphatic rings. The van der Waals surface area contributed by atoms with Crippen molar-refractivity contribution in [3.05, 3.63) is 34.9 Å². The first kappa shape index (κ1) is 23.9. The molecule has 5 nitrogen and oxygen atoms in total. The number of carbonyl (C=O) groups excluding carboxylic acids is 1. The lowest BCUT2D eigenvalue weighted by Crippen LogP contribution is -2.30. The van der Waals surface area contributed by atoms with Gasteiger partial charge in [-0.2, -0.15) is 11.8 Å². The minimum absolute atomic E-state index is 0.163. The highest BCUT2D eigenvalue weighted by Gasteiger charge is 2.16. The fourth-order valence-electron chi connectivity index (χ4n) is 2.38. The summed E-state index contributed by atoms with van der Waals surface area (Å²) in [6.45, 7) is 11.3. The average molecular weight is 414 g/mol. The Hall–Kier alpha value is -1.10. The van der Waals surface area contributed by atoms with E-state index in [1.54, 1.807) is 6.07 Å². The SMILES string of the molecule is CC(C)c1ccc(COCC(P)CSC(C)(C)C)cc1C(=O)NCC(=O)O. The molecule has 1 aromatic carbocycles. The van der Waals surface area contributed by atoms with Gasteiger partial charge in [-0.3, -0.25) is 9.59 Å². The first-order valence-corrected chi connectivity index (χ1v) is 10.7. The van der Waals surface area contributed by atoms with E-state index in [9.17, 15) is 9.59 Å². The van der Waals surface area contributed by atoms with Crippen LogP contribution in [0.15, 0.2) is 18.2 Å². The number of carboxylic acid groups (broad SMARTS) is 1. The van der Waals surface area contributed by atoms with E-state index in [2.05, 4.69) is 35.3 Å². The maximum Gasteiger partial charge on any atom is 0.322 e. The van der Waals surface area contributed by atoms with Gasteiger partial charge in [-0.15, -0.1) is 9.24 Å². The van der Waals surface area contributed by atoms with E-state index in [0.29, 0.717) is 24.4 Å². The molecule has 0 aliphatic carbocycles. The zero-order valence-corrected chi connectivity index (χ0v) is 18.8. The number of benzene rings is 1. The fraction of sp³-hybridized carbons (Fsp3) is 0.600. The van der Waals surface area contributed by atoms with Crippen molar-refractivity contribution in [1.82, 2.24) is 5.32 Å². The Morgan fingerprint density at radius 1 is 1.30 bits per heavy atom. The summed E-state index contributed by atoms with van der Waals surface area (Å²) in [4.78, 5) is 23.1. The van der Waals surface area contributed by atoms with Gasteiger partial charge in [0.1, 0.15) is 6.54 Å². The number of carboxylic acids is 1. The number of rotatable bonds is 10. The predicted octanol–water partition coefficient (Wildman–Crippen LogP) is 3.92. The fourth-order valence-corrected chi connectivity index (χ4v) is 3.61. The second-order valence-electron chi connectivity index (χ2n) is 7.85. The van der Waals surface area contributed by atoms with E-state index in [4.69, 9.17) is 9.84 Å². The molecule has 2 N–H and O–H groups in total. The highest BCUT2D eigenvalue weighted by molar-refractivity contribution is 8.00. The van der Waals surface area contributed by atoms with Crippen LogP contribution in [0.25, 0.3) is 0 Å². The molecule has 2 unspecified atom stereocenters. The van der Waals surface area contributed by atoms with E-state index >= 15 is 0 Å². The van der Waals surface area contributed by atoms with Gasteiger partial charge in [-0.05, 0) is 23.1 Å². The van der Waals surface area contributed by atoms with Crippen molar-refractivity contribution in [3.8, 4) is 0 Å². The highest BCUT2D eigenvalue weighted by atomic mass is 32.2. The Balaban J connectivity index is 2.69. The third kappa shape index (κ3) is 9.59. The molecule has 27 heavy (non-hydrogen) atoms. The lowest BCUT2D eigenvalue weighted by Gasteiger charge is -2.20. The summed E-state index contributed by atoms with van der Waals surface area (Å²) in [6.07, 6.45) is 0. The molecular weight excluding hydrogens is 381 g/mol. The van der Waals surface area contributed by atoms with Crippen LogP contribution in [0, 0.1) is 0 Å². The van der Waals surface area contributed by atoms with Crippen LogP contribution in [0.2, 0.25) is 0 Å². The molecular formula is C20H32NO4PS. The molecule has 0 aliphatic heterocycles. The number of thioether (sulfide) groups is 1. The zero-order valence-electron chi connectivity index (χ0n) is 16.9. The van der Waals surface area contributed by atoms with Crippen LogP contribution in [-0.2, 0) is 16.1 Å². The van der Waals surface area contributed by atoms with Crippen LogP contribution in [0.3, 0.4) is 0 Å². The second kappa shape index (κ2) is 11.0. The van der Waals surface area contributed by atoms with Crippen LogP contribution >= 0.6 is 21.0 Å². The normalized spacial score (nSPS) is 12.9. The molecule has 0 bridgehead atoms. The van der Waals surface area contributed by atoms with Crippen LogP contribution in [0.1, 0.15) is 62.0 Å². The van der Waals surface area contributed by atoms with Crippen molar-refractivity contribution in [1.29, 1.82) is 0 Å². The third-order valence-corrected chi connectivity index (χ3v) is 5.95. The maximum atomic E-state index is 12.4. The topological polar surface area (TPSA) is 75.6 Å². The lowest BCUT2D eigenvalue weighted by molar-refractivity contribution is -0.135. The Kier molecular flexibility index (Phi) is 9.78. The Labute approximate surface area is 169 Å². The molecule has 0 fully saturated rings. The van der Waals surface area contributed by atoms with Crippen molar-refractivity contribution in [2.24, 2.45) is 0 Å². The molecule has 2 atom stereocenters. The number of ether oxygens (including phenoxy) is 1. The average Bonchev–Trinajstić information content (AvgIpc) is 2.57. The van der Waals surface area contributed by atoms with E-state index < -0.39 is 12.5 Å². The minimum atomic E-state index is -1.06. The van der Waals surface area contributed by atoms with Crippen molar-refractivity contribution in [2.75, 3.05) is 18.9 Å².